The van der Waals surface area contributed by atoms with E-state index in [0.29, 0.717) is 23.3 Å². The van der Waals surface area contributed by atoms with Crippen LogP contribution >= 0.6 is 11.8 Å². The number of ether oxygens (including phenoxy) is 2. The van der Waals surface area contributed by atoms with Crippen molar-refractivity contribution in [3.8, 4) is 17.2 Å². The first-order valence-electron chi connectivity index (χ1n) is 7.62. The van der Waals surface area contributed by atoms with Gasteiger partial charge in [0.2, 0.25) is 5.16 Å². The molecule has 0 bridgehead atoms. The number of aryl methyl sites for hydroxylation is 1. The molecular formula is C17H17FN4O2S. The summed E-state index contributed by atoms with van der Waals surface area (Å²) < 4.78 is 26.0. The van der Waals surface area contributed by atoms with Crippen molar-refractivity contribution in [2.75, 3.05) is 19.5 Å². The van der Waals surface area contributed by atoms with Crippen molar-refractivity contribution >= 4 is 11.8 Å². The Hall–Kier alpha value is -2.61. The van der Waals surface area contributed by atoms with Crippen molar-refractivity contribution < 1.29 is 13.9 Å². The highest BCUT2D eigenvalue weighted by Gasteiger charge is 2.13. The molecule has 25 heavy (non-hydrogen) atoms. The first-order valence-corrected chi connectivity index (χ1v) is 8.61. The molecule has 6 nitrogen and oxygen atoms in total. The van der Waals surface area contributed by atoms with Gasteiger partial charge in [0.25, 0.3) is 0 Å². The number of benzene rings is 2. The first kappa shape index (κ1) is 17.2. The zero-order valence-corrected chi connectivity index (χ0v) is 14.7. The lowest BCUT2D eigenvalue weighted by atomic mass is 10.2. The van der Waals surface area contributed by atoms with E-state index in [0.717, 1.165) is 11.3 Å². The van der Waals surface area contributed by atoms with E-state index in [1.54, 1.807) is 30.0 Å². The maximum absolute atomic E-state index is 13.5. The standard InChI is InChI=1S/C17H17FN4O2S/c1-12-7-8-16(23-2)14(11-12)22-17(19-20-21-22)25-10-9-24-15-6-4-3-5-13(15)18/h3-8,11H,9-10H2,1-2H3. The fraction of sp³-hybridized carbons (Fsp3) is 0.235. The third-order valence-electron chi connectivity index (χ3n) is 3.41. The highest BCUT2D eigenvalue weighted by molar-refractivity contribution is 7.99. The zero-order valence-electron chi connectivity index (χ0n) is 13.8. The molecule has 0 spiro atoms. The van der Waals surface area contributed by atoms with E-state index >= 15 is 0 Å². The number of hydrogen-bond donors (Lipinski definition) is 0. The van der Waals surface area contributed by atoms with E-state index in [2.05, 4.69) is 15.5 Å². The summed E-state index contributed by atoms with van der Waals surface area (Å²) in [5.74, 6) is 1.12. The van der Waals surface area contributed by atoms with Crippen molar-refractivity contribution in [2.24, 2.45) is 0 Å². The van der Waals surface area contributed by atoms with Gasteiger partial charge in [0, 0.05) is 5.75 Å². The summed E-state index contributed by atoms with van der Waals surface area (Å²) >= 11 is 1.42. The third kappa shape index (κ3) is 4.08. The van der Waals surface area contributed by atoms with Gasteiger partial charge in [-0.1, -0.05) is 30.0 Å². The second-order valence-electron chi connectivity index (χ2n) is 5.18. The number of methoxy groups -OCH3 is 1. The number of aromatic nitrogens is 4. The molecule has 0 aliphatic heterocycles. The van der Waals surface area contributed by atoms with Gasteiger partial charge in [-0.3, -0.25) is 0 Å². The summed E-state index contributed by atoms with van der Waals surface area (Å²) in [5, 5.41) is 12.4. The quantitative estimate of drug-likeness (QED) is 0.476. The molecule has 1 heterocycles. The number of nitrogens with zero attached hydrogens (tertiary/aromatic N) is 4. The number of thioether (sulfide) groups is 1. The molecule has 0 atom stereocenters. The Kier molecular flexibility index (Phi) is 5.49. The molecule has 0 N–H and O–H groups in total. The Bertz CT molecular complexity index is 856. The van der Waals surface area contributed by atoms with Crippen molar-refractivity contribution in [2.45, 2.75) is 12.1 Å². The molecule has 0 unspecified atom stereocenters. The number of hydrogen-bond acceptors (Lipinski definition) is 6. The average Bonchev–Trinajstić information content (AvgIpc) is 3.08. The minimum absolute atomic E-state index is 0.239. The van der Waals surface area contributed by atoms with E-state index in [4.69, 9.17) is 9.47 Å². The molecule has 3 rings (SSSR count). The zero-order chi connectivity index (χ0) is 17.6. The Morgan fingerprint density at radius 1 is 1.16 bits per heavy atom. The second kappa shape index (κ2) is 7.98. The van der Waals surface area contributed by atoms with Crippen LogP contribution in [0, 0.1) is 12.7 Å². The van der Waals surface area contributed by atoms with Crippen LogP contribution in [0.25, 0.3) is 5.69 Å². The molecule has 0 radical (unpaired) electrons. The first-order chi connectivity index (χ1) is 12.2. The van der Waals surface area contributed by atoms with Crippen LogP contribution in [0.4, 0.5) is 4.39 Å². The van der Waals surface area contributed by atoms with E-state index < -0.39 is 0 Å². The molecular weight excluding hydrogens is 343 g/mol. The van der Waals surface area contributed by atoms with E-state index in [9.17, 15) is 4.39 Å². The summed E-state index contributed by atoms with van der Waals surface area (Å²) in [6, 6.07) is 12.1. The summed E-state index contributed by atoms with van der Waals surface area (Å²) in [7, 11) is 1.60. The molecule has 130 valence electrons. The van der Waals surface area contributed by atoms with Crippen LogP contribution in [0.3, 0.4) is 0 Å². The predicted octanol–water partition coefficient (Wildman–Crippen LogP) is 3.29. The lowest BCUT2D eigenvalue weighted by molar-refractivity contribution is 0.325. The molecule has 0 aliphatic rings. The van der Waals surface area contributed by atoms with Gasteiger partial charge in [-0.05, 0) is 47.2 Å². The number of rotatable bonds is 7. The molecule has 0 aliphatic carbocycles. The molecule has 0 fully saturated rings. The number of tetrazole rings is 1. The van der Waals surface area contributed by atoms with Crippen LogP contribution in [-0.2, 0) is 0 Å². The Morgan fingerprint density at radius 3 is 2.80 bits per heavy atom. The van der Waals surface area contributed by atoms with E-state index in [1.807, 2.05) is 25.1 Å². The van der Waals surface area contributed by atoms with E-state index in [1.165, 1.54) is 17.8 Å². The van der Waals surface area contributed by atoms with Crippen molar-refractivity contribution in [1.29, 1.82) is 0 Å². The SMILES string of the molecule is COc1ccc(C)cc1-n1nnnc1SCCOc1ccccc1F. The van der Waals surface area contributed by atoms with Crippen LogP contribution < -0.4 is 9.47 Å². The van der Waals surface area contributed by atoms with Gasteiger partial charge in [0.05, 0.1) is 13.7 Å². The van der Waals surface area contributed by atoms with Crippen molar-refractivity contribution in [3.63, 3.8) is 0 Å². The highest BCUT2D eigenvalue weighted by Crippen LogP contribution is 2.27. The normalized spacial score (nSPS) is 10.7. The monoisotopic (exact) mass is 360 g/mol. The molecule has 0 saturated carbocycles. The van der Waals surface area contributed by atoms with Gasteiger partial charge in [0.1, 0.15) is 11.4 Å². The fourth-order valence-electron chi connectivity index (χ4n) is 2.23. The van der Waals surface area contributed by atoms with Gasteiger partial charge in [-0.2, -0.15) is 4.68 Å². The summed E-state index contributed by atoms with van der Waals surface area (Å²) in [6.45, 7) is 2.33. The van der Waals surface area contributed by atoms with Crippen LogP contribution in [0.15, 0.2) is 47.6 Å². The lowest BCUT2D eigenvalue weighted by Gasteiger charge is -2.10. The lowest BCUT2D eigenvalue weighted by Crippen LogP contribution is -2.05. The van der Waals surface area contributed by atoms with Crippen molar-refractivity contribution in [1.82, 2.24) is 20.2 Å². The molecule has 1 aromatic heterocycles. The minimum Gasteiger partial charge on any atom is -0.494 e. The van der Waals surface area contributed by atoms with Crippen LogP contribution in [0.2, 0.25) is 0 Å². The van der Waals surface area contributed by atoms with Gasteiger partial charge in [-0.25, -0.2) is 4.39 Å². The van der Waals surface area contributed by atoms with E-state index in [-0.39, 0.29) is 11.6 Å². The maximum Gasteiger partial charge on any atom is 0.214 e. The average molecular weight is 360 g/mol. The highest BCUT2D eigenvalue weighted by atomic mass is 32.2. The van der Waals surface area contributed by atoms with Gasteiger partial charge in [-0.15, -0.1) is 5.10 Å². The largest absolute Gasteiger partial charge is 0.494 e. The fourth-order valence-corrected chi connectivity index (χ4v) is 2.93. The smallest absolute Gasteiger partial charge is 0.214 e. The molecule has 8 heteroatoms. The summed E-state index contributed by atoms with van der Waals surface area (Å²) in [6.07, 6.45) is 0. The van der Waals surface area contributed by atoms with Crippen LogP contribution in [0.5, 0.6) is 11.5 Å². The van der Waals surface area contributed by atoms with Gasteiger partial charge >= 0.3 is 0 Å². The Morgan fingerprint density at radius 2 is 2.00 bits per heavy atom. The second-order valence-corrected chi connectivity index (χ2v) is 6.24. The molecule has 2 aromatic carbocycles. The predicted molar refractivity (Wildman–Crippen MR) is 93.1 cm³/mol. The summed E-state index contributed by atoms with van der Waals surface area (Å²) in [5.41, 5.74) is 1.84. The third-order valence-corrected chi connectivity index (χ3v) is 4.30. The minimum atomic E-state index is -0.373. The maximum atomic E-state index is 13.5. The van der Waals surface area contributed by atoms with Gasteiger partial charge < -0.3 is 9.47 Å². The molecule has 0 amide bonds. The Labute approximate surface area is 149 Å². The number of para-hydroxylation sites is 1. The Balaban J connectivity index is 1.67. The molecule has 0 saturated heterocycles. The van der Waals surface area contributed by atoms with Crippen LogP contribution in [-0.4, -0.2) is 39.7 Å². The number of halogens is 1. The topological polar surface area (TPSA) is 62.1 Å². The summed E-state index contributed by atoms with van der Waals surface area (Å²) in [4.78, 5) is 0. The molecule has 3 aromatic rings. The van der Waals surface area contributed by atoms with Crippen molar-refractivity contribution in [3.05, 3.63) is 53.8 Å². The van der Waals surface area contributed by atoms with Crippen LogP contribution in [0.1, 0.15) is 5.56 Å². The van der Waals surface area contributed by atoms with Gasteiger partial charge in [0.15, 0.2) is 11.6 Å².